The van der Waals surface area contributed by atoms with Gasteiger partial charge in [0.25, 0.3) is 0 Å². The van der Waals surface area contributed by atoms with E-state index in [1.54, 1.807) is 0 Å². The second kappa shape index (κ2) is 7.61. The van der Waals surface area contributed by atoms with Crippen molar-refractivity contribution in [3.05, 3.63) is 0 Å². The smallest absolute Gasteiger partial charge is 0.0235 e. The summed E-state index contributed by atoms with van der Waals surface area (Å²) >= 11 is 0. The third-order valence-electron chi connectivity index (χ3n) is 5.10. The number of hydrogen-bond donors (Lipinski definition) is 1. The van der Waals surface area contributed by atoms with Crippen molar-refractivity contribution in [2.45, 2.75) is 71.0 Å². The van der Waals surface area contributed by atoms with Gasteiger partial charge < -0.3 is 5.32 Å². The Kier molecular flexibility index (Phi) is 6.11. The minimum absolute atomic E-state index is 0.656. The number of likely N-dealkylation sites (tertiary alicyclic amines) is 2. The summed E-state index contributed by atoms with van der Waals surface area (Å²) in [6.07, 6.45) is 6.89. The van der Waals surface area contributed by atoms with Gasteiger partial charge in [-0.1, -0.05) is 13.3 Å². The Balaban J connectivity index is 1.71. The van der Waals surface area contributed by atoms with Crippen molar-refractivity contribution in [1.29, 1.82) is 0 Å². The molecule has 2 aliphatic rings. The van der Waals surface area contributed by atoms with Crippen molar-refractivity contribution < 1.29 is 0 Å². The van der Waals surface area contributed by atoms with Crippen molar-refractivity contribution in [3.63, 3.8) is 0 Å². The number of nitrogens with zero attached hydrogens (tertiary/aromatic N) is 2. The van der Waals surface area contributed by atoms with Gasteiger partial charge in [0.1, 0.15) is 0 Å². The number of nitrogens with one attached hydrogen (secondary N) is 1. The molecule has 0 amide bonds. The quantitative estimate of drug-likeness (QED) is 0.797. The lowest BCUT2D eigenvalue weighted by molar-refractivity contribution is 0.153. The van der Waals surface area contributed by atoms with Crippen LogP contribution in [0.3, 0.4) is 0 Å². The van der Waals surface area contributed by atoms with Crippen LogP contribution < -0.4 is 5.32 Å². The second-order valence-electron chi connectivity index (χ2n) is 6.60. The minimum atomic E-state index is 0.656. The number of hydrogen-bond acceptors (Lipinski definition) is 3. The van der Waals surface area contributed by atoms with Crippen molar-refractivity contribution in [1.82, 2.24) is 15.1 Å². The SMILES string of the molecule is CCC(C)NCC(C)N1CCC(N2CCCCC2)C1. The molecule has 2 saturated heterocycles. The van der Waals surface area contributed by atoms with Crippen LogP contribution in [0, 0.1) is 0 Å². The first-order chi connectivity index (χ1) is 9.20. The van der Waals surface area contributed by atoms with Crippen LogP contribution in [-0.2, 0) is 0 Å². The molecule has 19 heavy (non-hydrogen) atoms. The summed E-state index contributed by atoms with van der Waals surface area (Å²) in [5.74, 6) is 0. The van der Waals surface area contributed by atoms with Crippen LogP contribution in [0.25, 0.3) is 0 Å². The van der Waals surface area contributed by atoms with Crippen molar-refractivity contribution in [2.75, 3.05) is 32.7 Å². The summed E-state index contributed by atoms with van der Waals surface area (Å²) in [5, 5.41) is 3.65. The maximum atomic E-state index is 3.65. The molecule has 2 rings (SSSR count). The molecule has 0 aromatic carbocycles. The van der Waals surface area contributed by atoms with E-state index < -0.39 is 0 Å². The van der Waals surface area contributed by atoms with Crippen molar-refractivity contribution in [3.8, 4) is 0 Å². The van der Waals surface area contributed by atoms with E-state index in [-0.39, 0.29) is 0 Å². The van der Waals surface area contributed by atoms with E-state index in [0.29, 0.717) is 12.1 Å². The van der Waals surface area contributed by atoms with Crippen LogP contribution in [0.1, 0.15) is 52.9 Å². The third kappa shape index (κ3) is 4.44. The highest BCUT2D eigenvalue weighted by Crippen LogP contribution is 2.21. The zero-order valence-corrected chi connectivity index (χ0v) is 13.2. The average Bonchev–Trinajstić information content (AvgIpc) is 2.95. The molecule has 0 spiro atoms. The zero-order valence-electron chi connectivity index (χ0n) is 13.2. The molecule has 3 atom stereocenters. The number of rotatable bonds is 6. The van der Waals surface area contributed by atoms with Gasteiger partial charge in [-0.15, -0.1) is 0 Å². The van der Waals surface area contributed by atoms with Gasteiger partial charge >= 0.3 is 0 Å². The van der Waals surface area contributed by atoms with Gasteiger partial charge in [-0.3, -0.25) is 9.80 Å². The first kappa shape index (κ1) is 15.3. The molecule has 0 radical (unpaired) electrons. The molecule has 3 heteroatoms. The Morgan fingerprint density at radius 1 is 1.11 bits per heavy atom. The molecule has 2 fully saturated rings. The summed E-state index contributed by atoms with van der Waals surface area (Å²) in [4.78, 5) is 5.44. The zero-order chi connectivity index (χ0) is 13.7. The Labute approximate surface area is 119 Å². The maximum Gasteiger partial charge on any atom is 0.0235 e. The van der Waals surface area contributed by atoms with Gasteiger partial charge in [0.15, 0.2) is 0 Å². The van der Waals surface area contributed by atoms with E-state index in [1.807, 2.05) is 0 Å². The molecule has 0 bridgehead atoms. The standard InChI is InChI=1S/C16H33N3/c1-4-14(2)17-12-15(3)19-11-8-16(13-19)18-9-6-5-7-10-18/h14-17H,4-13H2,1-3H3. The minimum Gasteiger partial charge on any atom is -0.313 e. The fourth-order valence-corrected chi connectivity index (χ4v) is 3.40. The first-order valence-electron chi connectivity index (χ1n) is 8.42. The highest BCUT2D eigenvalue weighted by Gasteiger charge is 2.30. The summed E-state index contributed by atoms with van der Waals surface area (Å²) in [7, 11) is 0. The predicted molar refractivity (Wildman–Crippen MR) is 82.6 cm³/mol. The summed E-state index contributed by atoms with van der Waals surface area (Å²) in [6, 6.07) is 2.18. The van der Waals surface area contributed by atoms with Crippen LogP contribution in [0.15, 0.2) is 0 Å². The average molecular weight is 267 g/mol. The second-order valence-corrected chi connectivity index (χ2v) is 6.60. The summed E-state index contributed by atoms with van der Waals surface area (Å²) in [5.41, 5.74) is 0. The van der Waals surface area contributed by atoms with Gasteiger partial charge in [-0.25, -0.2) is 0 Å². The molecule has 3 unspecified atom stereocenters. The molecule has 2 aliphatic heterocycles. The van der Waals surface area contributed by atoms with Gasteiger partial charge in [-0.05, 0) is 52.6 Å². The van der Waals surface area contributed by atoms with Crippen LogP contribution in [0.2, 0.25) is 0 Å². The molecular weight excluding hydrogens is 234 g/mol. The molecule has 0 aromatic heterocycles. The highest BCUT2D eigenvalue weighted by atomic mass is 15.3. The van der Waals surface area contributed by atoms with E-state index >= 15 is 0 Å². The van der Waals surface area contributed by atoms with Crippen LogP contribution in [0.4, 0.5) is 0 Å². The van der Waals surface area contributed by atoms with Crippen LogP contribution >= 0.6 is 0 Å². The van der Waals surface area contributed by atoms with Gasteiger partial charge in [0.05, 0.1) is 0 Å². The Morgan fingerprint density at radius 3 is 2.53 bits per heavy atom. The normalized spacial score (nSPS) is 29.5. The highest BCUT2D eigenvalue weighted by molar-refractivity contribution is 4.87. The van der Waals surface area contributed by atoms with Gasteiger partial charge in [0, 0.05) is 37.8 Å². The molecule has 0 saturated carbocycles. The number of piperidine rings is 1. The fraction of sp³-hybridized carbons (Fsp3) is 1.00. The predicted octanol–water partition coefficient (Wildman–Crippen LogP) is 2.32. The van der Waals surface area contributed by atoms with Crippen LogP contribution in [0.5, 0.6) is 0 Å². The van der Waals surface area contributed by atoms with Gasteiger partial charge in [-0.2, -0.15) is 0 Å². The monoisotopic (exact) mass is 267 g/mol. The lowest BCUT2D eigenvalue weighted by Crippen LogP contribution is -2.45. The first-order valence-corrected chi connectivity index (χ1v) is 8.42. The third-order valence-corrected chi connectivity index (χ3v) is 5.10. The largest absolute Gasteiger partial charge is 0.313 e. The molecule has 0 aliphatic carbocycles. The lowest BCUT2D eigenvalue weighted by Gasteiger charge is -2.33. The lowest BCUT2D eigenvalue weighted by atomic mass is 10.1. The topological polar surface area (TPSA) is 18.5 Å². The van der Waals surface area contributed by atoms with E-state index in [1.165, 1.54) is 58.3 Å². The van der Waals surface area contributed by atoms with E-state index in [9.17, 15) is 0 Å². The summed E-state index contributed by atoms with van der Waals surface area (Å²) < 4.78 is 0. The van der Waals surface area contributed by atoms with Crippen molar-refractivity contribution >= 4 is 0 Å². The Hall–Kier alpha value is -0.120. The van der Waals surface area contributed by atoms with Crippen molar-refractivity contribution in [2.24, 2.45) is 0 Å². The summed E-state index contributed by atoms with van der Waals surface area (Å²) in [6.45, 7) is 13.3. The Bertz CT molecular complexity index is 250. The molecule has 3 nitrogen and oxygen atoms in total. The molecule has 1 N–H and O–H groups in total. The van der Waals surface area contributed by atoms with E-state index in [2.05, 4.69) is 35.9 Å². The Morgan fingerprint density at radius 2 is 1.84 bits per heavy atom. The van der Waals surface area contributed by atoms with Crippen LogP contribution in [-0.4, -0.2) is 60.6 Å². The fourth-order valence-electron chi connectivity index (χ4n) is 3.40. The maximum absolute atomic E-state index is 3.65. The van der Waals surface area contributed by atoms with E-state index in [0.717, 1.165) is 12.6 Å². The van der Waals surface area contributed by atoms with Gasteiger partial charge in [0.2, 0.25) is 0 Å². The molecule has 112 valence electrons. The van der Waals surface area contributed by atoms with E-state index in [4.69, 9.17) is 0 Å². The molecule has 2 heterocycles. The molecule has 0 aromatic rings. The molecular formula is C16H33N3.